The molecule has 0 amide bonds. The molecule has 0 saturated heterocycles. The summed E-state index contributed by atoms with van der Waals surface area (Å²) in [7, 11) is -2.82. The SMILES string of the molecule is O=S1(=O)CC2=C(C1)C1C=CC2C2C=CC12. The topological polar surface area (TPSA) is 34.1 Å². The van der Waals surface area contributed by atoms with E-state index in [1.165, 1.54) is 11.1 Å². The van der Waals surface area contributed by atoms with Crippen molar-refractivity contribution in [3.05, 3.63) is 35.5 Å². The van der Waals surface area contributed by atoms with Gasteiger partial charge in [0.1, 0.15) is 0 Å². The van der Waals surface area contributed by atoms with Crippen molar-refractivity contribution in [3.63, 3.8) is 0 Å². The highest BCUT2D eigenvalue weighted by molar-refractivity contribution is 7.92. The summed E-state index contributed by atoms with van der Waals surface area (Å²) in [6.45, 7) is 0. The second kappa shape index (κ2) is 2.29. The van der Waals surface area contributed by atoms with Crippen LogP contribution in [-0.2, 0) is 9.84 Å². The molecule has 5 rings (SSSR count). The summed E-state index contributed by atoms with van der Waals surface area (Å²) >= 11 is 0. The van der Waals surface area contributed by atoms with E-state index < -0.39 is 9.84 Å². The van der Waals surface area contributed by atoms with E-state index in [-0.39, 0.29) is 0 Å². The van der Waals surface area contributed by atoms with E-state index >= 15 is 0 Å². The zero-order valence-corrected chi connectivity index (χ0v) is 9.07. The van der Waals surface area contributed by atoms with Crippen LogP contribution in [0.3, 0.4) is 0 Å². The van der Waals surface area contributed by atoms with Gasteiger partial charge in [-0.15, -0.1) is 0 Å². The second-order valence-corrected chi connectivity index (χ2v) is 7.12. The van der Waals surface area contributed by atoms with Crippen molar-refractivity contribution in [3.8, 4) is 0 Å². The van der Waals surface area contributed by atoms with Gasteiger partial charge in [-0.1, -0.05) is 24.3 Å². The summed E-state index contributed by atoms with van der Waals surface area (Å²) in [6, 6.07) is 0. The molecule has 0 N–H and O–H groups in total. The number of sulfone groups is 1. The van der Waals surface area contributed by atoms with Crippen LogP contribution >= 0.6 is 0 Å². The fourth-order valence-corrected chi connectivity index (χ4v) is 5.42. The molecular formula is C12H12O2S. The maximum absolute atomic E-state index is 11.7. The van der Waals surface area contributed by atoms with Gasteiger partial charge in [0.15, 0.2) is 9.84 Å². The molecule has 0 spiro atoms. The maximum atomic E-state index is 11.7. The van der Waals surface area contributed by atoms with Crippen LogP contribution in [0, 0.1) is 23.7 Å². The van der Waals surface area contributed by atoms with Crippen LogP contribution in [0.1, 0.15) is 0 Å². The molecule has 15 heavy (non-hydrogen) atoms. The van der Waals surface area contributed by atoms with Gasteiger partial charge in [-0.05, 0) is 23.0 Å². The molecule has 5 aliphatic rings. The van der Waals surface area contributed by atoms with E-state index in [4.69, 9.17) is 0 Å². The van der Waals surface area contributed by atoms with Gasteiger partial charge in [-0.2, -0.15) is 0 Å². The molecule has 0 aromatic carbocycles. The molecule has 2 nitrogen and oxygen atoms in total. The number of allylic oxidation sites excluding steroid dienone is 4. The Hall–Kier alpha value is -0.830. The Kier molecular flexibility index (Phi) is 1.27. The van der Waals surface area contributed by atoms with Crippen LogP contribution in [0.2, 0.25) is 0 Å². The van der Waals surface area contributed by atoms with Gasteiger partial charge in [-0.25, -0.2) is 8.42 Å². The van der Waals surface area contributed by atoms with E-state index in [0.717, 1.165) is 0 Å². The fourth-order valence-electron chi connectivity index (χ4n) is 3.61. The molecule has 78 valence electrons. The van der Waals surface area contributed by atoms with E-state index in [0.29, 0.717) is 35.2 Å². The predicted molar refractivity (Wildman–Crippen MR) is 57.9 cm³/mol. The Balaban J connectivity index is 1.88. The monoisotopic (exact) mass is 220 g/mol. The minimum atomic E-state index is -2.82. The Morgan fingerprint density at radius 3 is 1.73 bits per heavy atom. The molecule has 1 aliphatic heterocycles. The van der Waals surface area contributed by atoms with Crippen molar-refractivity contribution in [1.82, 2.24) is 0 Å². The molecule has 4 aliphatic carbocycles. The summed E-state index contributed by atoms with van der Waals surface area (Å²) in [5, 5.41) is 0. The highest BCUT2D eigenvalue weighted by atomic mass is 32.2. The van der Waals surface area contributed by atoms with Crippen LogP contribution in [0.25, 0.3) is 0 Å². The summed E-state index contributed by atoms with van der Waals surface area (Å²) in [6.07, 6.45) is 8.96. The van der Waals surface area contributed by atoms with Crippen LogP contribution < -0.4 is 0 Å². The van der Waals surface area contributed by atoms with Crippen molar-refractivity contribution in [2.45, 2.75) is 0 Å². The molecule has 0 radical (unpaired) electrons. The molecule has 0 aromatic rings. The summed E-state index contributed by atoms with van der Waals surface area (Å²) in [5.74, 6) is 2.66. The highest BCUT2D eigenvalue weighted by Gasteiger charge is 2.50. The average Bonchev–Trinajstić information content (AvgIpc) is 2.42. The normalized spacial score (nSPS) is 47.7. The smallest absolute Gasteiger partial charge is 0.157 e. The first-order valence-electron chi connectivity index (χ1n) is 5.45. The third-order valence-corrected chi connectivity index (χ3v) is 5.82. The quantitative estimate of drug-likeness (QED) is 0.577. The molecule has 0 saturated carbocycles. The van der Waals surface area contributed by atoms with E-state index in [1.807, 2.05) is 0 Å². The summed E-state index contributed by atoms with van der Waals surface area (Å²) in [5.41, 5.74) is 2.46. The van der Waals surface area contributed by atoms with Gasteiger partial charge >= 0.3 is 0 Å². The third kappa shape index (κ3) is 0.882. The number of hydrogen-bond donors (Lipinski definition) is 0. The highest BCUT2D eigenvalue weighted by Crippen LogP contribution is 2.55. The van der Waals surface area contributed by atoms with Gasteiger partial charge < -0.3 is 0 Å². The Bertz CT molecular complexity index is 496. The van der Waals surface area contributed by atoms with Gasteiger partial charge in [0.2, 0.25) is 0 Å². The van der Waals surface area contributed by atoms with E-state index in [2.05, 4.69) is 24.3 Å². The van der Waals surface area contributed by atoms with E-state index in [9.17, 15) is 8.42 Å². The first kappa shape index (κ1) is 8.34. The maximum Gasteiger partial charge on any atom is 0.157 e. The first-order valence-corrected chi connectivity index (χ1v) is 7.27. The minimum Gasteiger partial charge on any atom is -0.228 e. The molecular weight excluding hydrogens is 208 g/mol. The minimum absolute atomic E-state index is 0.324. The zero-order valence-electron chi connectivity index (χ0n) is 8.26. The Labute approximate surface area is 89.3 Å². The molecule has 1 heterocycles. The number of hydrogen-bond acceptors (Lipinski definition) is 2. The second-order valence-electron chi connectivity index (χ2n) is 5.06. The van der Waals surface area contributed by atoms with Crippen molar-refractivity contribution in [1.29, 1.82) is 0 Å². The van der Waals surface area contributed by atoms with Crippen molar-refractivity contribution < 1.29 is 8.42 Å². The molecule has 0 aromatic heterocycles. The van der Waals surface area contributed by atoms with E-state index in [1.54, 1.807) is 0 Å². The lowest BCUT2D eigenvalue weighted by molar-refractivity contribution is 0.271. The van der Waals surface area contributed by atoms with Gasteiger partial charge in [0, 0.05) is 11.8 Å². The van der Waals surface area contributed by atoms with Crippen LogP contribution in [-0.4, -0.2) is 19.9 Å². The molecule has 4 unspecified atom stereocenters. The lowest BCUT2D eigenvalue weighted by atomic mass is 9.56. The van der Waals surface area contributed by atoms with Gasteiger partial charge in [0.25, 0.3) is 0 Å². The van der Waals surface area contributed by atoms with Crippen molar-refractivity contribution in [2.75, 3.05) is 11.5 Å². The van der Waals surface area contributed by atoms with Crippen molar-refractivity contribution >= 4 is 9.84 Å². The molecule has 3 heteroatoms. The predicted octanol–water partition coefficient (Wildman–Crippen LogP) is 1.33. The Morgan fingerprint density at radius 1 is 0.867 bits per heavy atom. The zero-order chi connectivity index (χ0) is 10.2. The van der Waals surface area contributed by atoms with Crippen LogP contribution in [0.15, 0.2) is 35.5 Å². The van der Waals surface area contributed by atoms with Gasteiger partial charge in [0.05, 0.1) is 11.5 Å². The summed E-state index contributed by atoms with van der Waals surface area (Å²) in [4.78, 5) is 0. The fraction of sp³-hybridized carbons (Fsp3) is 0.500. The van der Waals surface area contributed by atoms with Crippen LogP contribution in [0.5, 0.6) is 0 Å². The largest absolute Gasteiger partial charge is 0.228 e. The molecule has 2 bridgehead atoms. The van der Waals surface area contributed by atoms with Crippen molar-refractivity contribution in [2.24, 2.45) is 23.7 Å². The lowest BCUT2D eigenvalue weighted by Crippen LogP contribution is -2.40. The van der Waals surface area contributed by atoms with Gasteiger partial charge in [-0.3, -0.25) is 0 Å². The Morgan fingerprint density at radius 2 is 1.33 bits per heavy atom. The number of rotatable bonds is 0. The van der Waals surface area contributed by atoms with Crippen LogP contribution in [0.4, 0.5) is 0 Å². The first-order chi connectivity index (χ1) is 7.16. The lowest BCUT2D eigenvalue weighted by Gasteiger charge is -2.48. The molecule has 4 atom stereocenters. The average molecular weight is 220 g/mol. The third-order valence-electron chi connectivity index (χ3n) is 4.32. The summed E-state index contributed by atoms with van der Waals surface area (Å²) < 4.78 is 23.3. The molecule has 0 fully saturated rings. The standard InChI is InChI=1S/C12H12O2S/c13-15(14)5-11-9-3-4-10(12(11)6-15)8-2-1-7(8)9/h1-4,7-10H,5-6H2.